The second-order valence-corrected chi connectivity index (χ2v) is 7.22. The molecule has 27 heavy (non-hydrogen) atoms. The number of piperazine rings is 1. The summed E-state index contributed by atoms with van der Waals surface area (Å²) in [5.41, 5.74) is 1.16. The normalized spacial score (nSPS) is 15.3. The van der Waals surface area contributed by atoms with Crippen LogP contribution in [-0.4, -0.2) is 91.4 Å². The van der Waals surface area contributed by atoms with Gasteiger partial charge in [0.25, 0.3) is 0 Å². The van der Waals surface area contributed by atoms with Crippen LogP contribution in [0.5, 0.6) is 0 Å². The third-order valence-corrected chi connectivity index (χ3v) is 5.47. The van der Waals surface area contributed by atoms with Crippen molar-refractivity contribution in [2.24, 2.45) is 0 Å². The van der Waals surface area contributed by atoms with Crippen LogP contribution in [0.1, 0.15) is 19.4 Å². The largest absolute Gasteiger partial charge is 0.447 e. The zero-order chi connectivity index (χ0) is 19.5. The molecule has 1 aliphatic rings. The minimum atomic E-state index is -0.246. The van der Waals surface area contributed by atoms with Crippen molar-refractivity contribution in [2.45, 2.75) is 20.4 Å². The molecule has 1 aromatic heterocycles. The molecule has 8 heteroatoms. The number of ether oxygens (including phenoxy) is 2. The number of pyridine rings is 1. The fourth-order valence-electron chi connectivity index (χ4n) is 2.98. The summed E-state index contributed by atoms with van der Waals surface area (Å²) >= 11 is 3.48. The maximum Gasteiger partial charge on any atom is 0.409 e. The molecule has 1 fully saturated rings. The van der Waals surface area contributed by atoms with E-state index in [-0.39, 0.29) is 6.09 Å². The number of halogens is 1. The lowest BCUT2D eigenvalue weighted by Gasteiger charge is -2.34. The Balaban J connectivity index is 1.57. The van der Waals surface area contributed by atoms with Crippen LogP contribution < -0.4 is 0 Å². The van der Waals surface area contributed by atoms with Gasteiger partial charge in [-0.05, 0) is 40.6 Å². The van der Waals surface area contributed by atoms with Crippen LogP contribution in [0.4, 0.5) is 4.79 Å². The quantitative estimate of drug-likeness (QED) is 0.409. The minimum Gasteiger partial charge on any atom is -0.447 e. The van der Waals surface area contributed by atoms with Gasteiger partial charge in [-0.1, -0.05) is 19.9 Å². The second kappa shape index (κ2) is 12.3. The van der Waals surface area contributed by atoms with Crippen molar-refractivity contribution in [2.75, 3.05) is 65.6 Å². The predicted octanol–water partition coefficient (Wildman–Crippen LogP) is 2.46. The monoisotopic (exact) mass is 442 g/mol. The molecule has 1 aliphatic heterocycles. The number of hydrogen-bond donors (Lipinski definition) is 0. The molecular formula is C19H31BrN4O3. The van der Waals surface area contributed by atoms with Crippen molar-refractivity contribution in [3.05, 3.63) is 28.5 Å². The Kier molecular flexibility index (Phi) is 10.0. The van der Waals surface area contributed by atoms with Crippen LogP contribution >= 0.6 is 15.9 Å². The van der Waals surface area contributed by atoms with Crippen molar-refractivity contribution >= 4 is 22.0 Å². The molecule has 0 spiro atoms. The van der Waals surface area contributed by atoms with Crippen LogP contribution in [0.3, 0.4) is 0 Å². The molecule has 0 aliphatic carbocycles. The molecule has 152 valence electrons. The van der Waals surface area contributed by atoms with Gasteiger partial charge < -0.3 is 19.3 Å². The molecule has 7 nitrogen and oxygen atoms in total. The van der Waals surface area contributed by atoms with Gasteiger partial charge in [0.05, 0.1) is 13.2 Å². The summed E-state index contributed by atoms with van der Waals surface area (Å²) in [7, 11) is 0. The van der Waals surface area contributed by atoms with Crippen LogP contribution in [0, 0.1) is 0 Å². The van der Waals surface area contributed by atoms with Gasteiger partial charge in [-0.15, -0.1) is 0 Å². The highest BCUT2D eigenvalue weighted by Crippen LogP contribution is 2.16. The fourth-order valence-corrected chi connectivity index (χ4v) is 3.36. The molecule has 0 aromatic carbocycles. The number of aromatic nitrogens is 1. The summed E-state index contributed by atoms with van der Waals surface area (Å²) in [6.45, 7) is 12.5. The Labute approximate surface area is 170 Å². The van der Waals surface area contributed by atoms with Crippen molar-refractivity contribution < 1.29 is 14.3 Å². The molecule has 0 unspecified atom stereocenters. The van der Waals surface area contributed by atoms with Gasteiger partial charge in [-0.2, -0.15) is 0 Å². The first-order valence-electron chi connectivity index (χ1n) is 9.67. The van der Waals surface area contributed by atoms with E-state index in [0.717, 1.165) is 49.4 Å². The van der Waals surface area contributed by atoms with Crippen molar-refractivity contribution in [3.63, 3.8) is 0 Å². The van der Waals surface area contributed by atoms with Gasteiger partial charge in [-0.3, -0.25) is 4.90 Å². The maximum absolute atomic E-state index is 12.2. The number of likely N-dealkylation sites (N-methyl/N-ethyl adjacent to an activating group) is 1. The highest BCUT2D eigenvalue weighted by Gasteiger charge is 2.22. The van der Waals surface area contributed by atoms with E-state index < -0.39 is 0 Å². The molecule has 1 amide bonds. The van der Waals surface area contributed by atoms with Gasteiger partial charge in [0.15, 0.2) is 0 Å². The molecule has 0 bridgehead atoms. The van der Waals surface area contributed by atoms with E-state index in [1.165, 1.54) is 0 Å². The first kappa shape index (κ1) is 22.1. The predicted molar refractivity (Wildman–Crippen MR) is 109 cm³/mol. The van der Waals surface area contributed by atoms with Gasteiger partial charge in [0, 0.05) is 45.5 Å². The topological polar surface area (TPSA) is 58.1 Å². The molecular weight excluding hydrogens is 412 g/mol. The number of carbonyl (C=O) groups is 1. The van der Waals surface area contributed by atoms with Crippen LogP contribution in [0.2, 0.25) is 0 Å². The highest BCUT2D eigenvalue weighted by atomic mass is 79.9. The van der Waals surface area contributed by atoms with E-state index in [1.807, 2.05) is 6.07 Å². The summed E-state index contributed by atoms with van der Waals surface area (Å²) in [6, 6.07) is 4.01. The summed E-state index contributed by atoms with van der Waals surface area (Å²) in [4.78, 5) is 22.8. The fraction of sp³-hybridized carbons (Fsp3) is 0.684. The van der Waals surface area contributed by atoms with E-state index in [4.69, 9.17) is 9.47 Å². The van der Waals surface area contributed by atoms with Crippen molar-refractivity contribution in [1.29, 1.82) is 0 Å². The first-order valence-corrected chi connectivity index (χ1v) is 10.5. The first-order chi connectivity index (χ1) is 13.1. The average Bonchev–Trinajstić information content (AvgIpc) is 2.69. The van der Waals surface area contributed by atoms with Crippen LogP contribution in [0.25, 0.3) is 0 Å². The molecule has 0 radical (unpaired) electrons. The van der Waals surface area contributed by atoms with E-state index in [1.54, 1.807) is 11.1 Å². The van der Waals surface area contributed by atoms with Gasteiger partial charge in [0.1, 0.15) is 11.2 Å². The molecule has 0 saturated carbocycles. The Morgan fingerprint density at radius 3 is 2.59 bits per heavy atom. The Morgan fingerprint density at radius 2 is 1.93 bits per heavy atom. The zero-order valence-electron chi connectivity index (χ0n) is 16.4. The van der Waals surface area contributed by atoms with E-state index in [9.17, 15) is 4.79 Å². The lowest BCUT2D eigenvalue weighted by atomic mass is 10.2. The number of rotatable bonds is 10. The third kappa shape index (κ3) is 7.73. The lowest BCUT2D eigenvalue weighted by Crippen LogP contribution is -2.48. The molecule has 1 aromatic rings. The van der Waals surface area contributed by atoms with E-state index in [2.05, 4.69) is 50.6 Å². The highest BCUT2D eigenvalue weighted by molar-refractivity contribution is 9.10. The van der Waals surface area contributed by atoms with Gasteiger partial charge in [-0.25, -0.2) is 9.78 Å². The number of amides is 1. The van der Waals surface area contributed by atoms with E-state index in [0.29, 0.717) is 32.9 Å². The standard InChI is InChI=1S/C19H31BrN4O3/c1-3-22(4-2)12-13-26-14-15-27-19(25)24-10-8-23(9-11-24)16-17-6-5-7-21-18(17)20/h5-7H,3-4,8-16H2,1-2H3. The number of nitrogens with zero attached hydrogens (tertiary/aromatic N) is 4. The van der Waals surface area contributed by atoms with Gasteiger partial charge in [0.2, 0.25) is 0 Å². The number of hydrogen-bond acceptors (Lipinski definition) is 6. The number of carbonyl (C=O) groups excluding carboxylic acids is 1. The van der Waals surface area contributed by atoms with Crippen LogP contribution in [0.15, 0.2) is 22.9 Å². The summed E-state index contributed by atoms with van der Waals surface area (Å²) in [5, 5.41) is 0. The summed E-state index contributed by atoms with van der Waals surface area (Å²) in [6.07, 6.45) is 1.53. The Bertz CT molecular complexity index is 564. The average molecular weight is 443 g/mol. The van der Waals surface area contributed by atoms with Crippen molar-refractivity contribution in [3.8, 4) is 0 Å². The summed E-state index contributed by atoms with van der Waals surface area (Å²) < 4.78 is 11.8. The van der Waals surface area contributed by atoms with Gasteiger partial charge >= 0.3 is 6.09 Å². The third-order valence-electron chi connectivity index (χ3n) is 4.76. The molecule has 2 heterocycles. The smallest absolute Gasteiger partial charge is 0.409 e. The maximum atomic E-state index is 12.2. The molecule has 1 saturated heterocycles. The lowest BCUT2D eigenvalue weighted by molar-refractivity contribution is 0.0384. The second-order valence-electron chi connectivity index (χ2n) is 6.47. The summed E-state index contributed by atoms with van der Waals surface area (Å²) in [5.74, 6) is 0. The van der Waals surface area contributed by atoms with Crippen LogP contribution in [-0.2, 0) is 16.0 Å². The van der Waals surface area contributed by atoms with Crippen molar-refractivity contribution in [1.82, 2.24) is 19.7 Å². The Morgan fingerprint density at radius 1 is 1.19 bits per heavy atom. The Hall–Kier alpha value is -1.22. The molecule has 0 atom stereocenters. The SMILES string of the molecule is CCN(CC)CCOCCOC(=O)N1CCN(Cc2cccnc2Br)CC1. The van der Waals surface area contributed by atoms with E-state index >= 15 is 0 Å². The minimum absolute atomic E-state index is 0.246. The molecule has 0 N–H and O–H groups in total. The molecule has 2 rings (SSSR count). The zero-order valence-corrected chi connectivity index (χ0v) is 18.0.